The molecule has 2 aromatic heterocycles. The number of hydrogen-bond acceptors (Lipinski definition) is 9. The maximum atomic E-state index is 12.8. The summed E-state index contributed by atoms with van der Waals surface area (Å²) in [6.07, 6.45) is 0.375. The number of rotatable bonds is 7. The van der Waals surface area contributed by atoms with Crippen LogP contribution in [0.25, 0.3) is 0 Å². The van der Waals surface area contributed by atoms with E-state index < -0.39 is 17.9 Å². The van der Waals surface area contributed by atoms with E-state index in [1.54, 1.807) is 20.8 Å². The second kappa shape index (κ2) is 8.59. The molecule has 0 bridgehead atoms. The number of anilines is 2. The molecule has 0 saturated heterocycles. The molecule has 144 valence electrons. The van der Waals surface area contributed by atoms with Crippen LogP contribution in [0.2, 0.25) is 0 Å². The van der Waals surface area contributed by atoms with Crippen LogP contribution in [0.5, 0.6) is 0 Å². The number of furan rings is 1. The van der Waals surface area contributed by atoms with Gasteiger partial charge in [0.1, 0.15) is 23.4 Å². The average molecular weight is 392 g/mol. The average Bonchev–Trinajstić information content (AvgIpc) is 3.13. The Hall–Kier alpha value is -3.00. The lowest BCUT2D eigenvalue weighted by Gasteiger charge is -2.18. The molecule has 0 aliphatic rings. The fourth-order valence-electron chi connectivity index (χ4n) is 2.39. The highest BCUT2D eigenvalue weighted by Gasteiger charge is 2.27. The van der Waals surface area contributed by atoms with E-state index in [4.69, 9.17) is 10.2 Å². The standard InChI is InChI=1S/C16H20N6O4S/c1-5-11(13(24)19-14-10(6-17)8(2)9(3)26-14)22-15(18)20-21-16(22)27-7-12(23)25-4/h11H,5,7H2,1-4H3,(H2,18,20)(H,19,24). The highest BCUT2D eigenvalue weighted by Crippen LogP contribution is 2.29. The van der Waals surface area contributed by atoms with Gasteiger partial charge in [0.05, 0.1) is 12.9 Å². The van der Waals surface area contributed by atoms with Crippen molar-refractivity contribution in [2.75, 3.05) is 23.9 Å². The molecule has 0 aromatic carbocycles. The summed E-state index contributed by atoms with van der Waals surface area (Å²) in [7, 11) is 1.28. The fraction of sp³-hybridized carbons (Fsp3) is 0.438. The lowest BCUT2D eigenvalue weighted by Crippen LogP contribution is -2.27. The lowest BCUT2D eigenvalue weighted by molar-refractivity contribution is -0.137. The second-order valence-corrected chi connectivity index (χ2v) is 6.53. The van der Waals surface area contributed by atoms with Crippen molar-refractivity contribution in [2.24, 2.45) is 0 Å². The van der Waals surface area contributed by atoms with Crippen LogP contribution in [0.15, 0.2) is 9.57 Å². The van der Waals surface area contributed by atoms with Gasteiger partial charge in [-0.25, -0.2) is 0 Å². The van der Waals surface area contributed by atoms with Gasteiger partial charge in [0.15, 0.2) is 5.16 Å². The summed E-state index contributed by atoms with van der Waals surface area (Å²) >= 11 is 1.06. The zero-order chi connectivity index (χ0) is 20.1. The van der Waals surface area contributed by atoms with E-state index in [0.29, 0.717) is 22.9 Å². The van der Waals surface area contributed by atoms with Crippen molar-refractivity contribution in [1.29, 1.82) is 5.26 Å². The zero-order valence-electron chi connectivity index (χ0n) is 15.4. The maximum Gasteiger partial charge on any atom is 0.316 e. The van der Waals surface area contributed by atoms with Gasteiger partial charge in [0.25, 0.3) is 0 Å². The van der Waals surface area contributed by atoms with Crippen molar-refractivity contribution in [3.05, 3.63) is 16.9 Å². The van der Waals surface area contributed by atoms with Gasteiger partial charge in [-0.2, -0.15) is 5.26 Å². The number of aromatic nitrogens is 3. The number of nitrogens with one attached hydrogen (secondary N) is 1. The molecular formula is C16H20N6O4S. The third-order valence-corrected chi connectivity index (χ3v) is 4.89. The number of nitriles is 1. The van der Waals surface area contributed by atoms with Gasteiger partial charge in [0, 0.05) is 5.56 Å². The van der Waals surface area contributed by atoms with Gasteiger partial charge in [-0.3, -0.25) is 19.5 Å². The van der Waals surface area contributed by atoms with Gasteiger partial charge in [-0.1, -0.05) is 18.7 Å². The quantitative estimate of drug-likeness (QED) is 0.531. The first-order valence-electron chi connectivity index (χ1n) is 8.04. The molecule has 1 unspecified atom stereocenters. The number of nitrogen functional groups attached to an aromatic ring is 1. The normalized spacial score (nSPS) is 11.7. The van der Waals surface area contributed by atoms with Crippen LogP contribution in [0.1, 0.15) is 36.3 Å². The van der Waals surface area contributed by atoms with Gasteiger partial charge in [-0.15, -0.1) is 10.2 Å². The summed E-state index contributed by atoms with van der Waals surface area (Å²) in [5, 5.41) is 19.9. The molecule has 3 N–H and O–H groups in total. The van der Waals surface area contributed by atoms with E-state index in [9.17, 15) is 14.9 Å². The van der Waals surface area contributed by atoms with Crippen LogP contribution in [0, 0.1) is 25.2 Å². The molecule has 0 radical (unpaired) electrons. The number of aryl methyl sites for hydroxylation is 1. The highest BCUT2D eigenvalue weighted by molar-refractivity contribution is 7.99. The van der Waals surface area contributed by atoms with Gasteiger partial charge < -0.3 is 14.9 Å². The summed E-state index contributed by atoms with van der Waals surface area (Å²) in [6.45, 7) is 5.24. The molecule has 0 spiro atoms. The minimum Gasteiger partial charge on any atom is -0.468 e. The first kappa shape index (κ1) is 20.3. The van der Waals surface area contributed by atoms with E-state index in [0.717, 1.165) is 11.8 Å². The summed E-state index contributed by atoms with van der Waals surface area (Å²) in [5.41, 5.74) is 6.81. The second-order valence-electron chi connectivity index (χ2n) is 5.59. The molecule has 0 saturated carbocycles. The smallest absolute Gasteiger partial charge is 0.316 e. The molecular weight excluding hydrogens is 372 g/mol. The first-order valence-corrected chi connectivity index (χ1v) is 9.03. The molecule has 11 heteroatoms. The van der Waals surface area contributed by atoms with Gasteiger partial charge in [-0.05, 0) is 20.3 Å². The Morgan fingerprint density at radius 2 is 2.15 bits per heavy atom. The van der Waals surface area contributed by atoms with E-state index in [-0.39, 0.29) is 23.1 Å². The SMILES string of the molecule is CCC(C(=O)Nc1oc(C)c(C)c1C#N)n1c(N)nnc1SCC(=O)OC. The number of ether oxygens (including phenoxy) is 1. The number of nitrogens with zero attached hydrogens (tertiary/aromatic N) is 4. The van der Waals surface area contributed by atoms with Crippen molar-refractivity contribution in [2.45, 2.75) is 38.4 Å². The third kappa shape index (κ3) is 4.22. The van der Waals surface area contributed by atoms with E-state index in [1.807, 2.05) is 6.07 Å². The maximum absolute atomic E-state index is 12.8. The van der Waals surface area contributed by atoms with Crippen molar-refractivity contribution < 1.29 is 18.7 Å². The number of esters is 1. The third-order valence-electron chi connectivity index (χ3n) is 3.97. The molecule has 27 heavy (non-hydrogen) atoms. The summed E-state index contributed by atoms with van der Waals surface area (Å²) < 4.78 is 11.5. The molecule has 0 aliphatic heterocycles. The zero-order valence-corrected chi connectivity index (χ0v) is 16.2. The Morgan fingerprint density at radius 1 is 1.44 bits per heavy atom. The minimum absolute atomic E-state index is 0.00183. The van der Waals surface area contributed by atoms with Crippen molar-refractivity contribution in [3.63, 3.8) is 0 Å². The molecule has 0 fully saturated rings. The summed E-state index contributed by atoms with van der Waals surface area (Å²) in [5.74, 6) is -0.196. The Bertz CT molecular complexity index is 898. The number of carbonyl (C=O) groups is 2. The number of methoxy groups -OCH3 is 1. The van der Waals surface area contributed by atoms with Crippen LogP contribution in [0.4, 0.5) is 11.8 Å². The first-order chi connectivity index (χ1) is 12.8. The number of thioether (sulfide) groups is 1. The van der Waals surface area contributed by atoms with Crippen LogP contribution in [-0.4, -0.2) is 39.5 Å². The number of carbonyl (C=O) groups excluding carboxylic acids is 2. The highest BCUT2D eigenvalue weighted by atomic mass is 32.2. The van der Waals surface area contributed by atoms with E-state index >= 15 is 0 Å². The molecule has 10 nitrogen and oxygen atoms in total. The molecule has 0 aliphatic carbocycles. The molecule has 2 aromatic rings. The minimum atomic E-state index is -0.752. The molecule has 1 amide bonds. The van der Waals surface area contributed by atoms with Crippen LogP contribution in [0.3, 0.4) is 0 Å². The Labute approximate surface area is 160 Å². The number of hydrogen-bond donors (Lipinski definition) is 2. The van der Waals surface area contributed by atoms with Crippen molar-refractivity contribution >= 4 is 35.5 Å². The summed E-state index contributed by atoms with van der Waals surface area (Å²) in [6, 6.07) is 1.27. The monoisotopic (exact) mass is 392 g/mol. The molecule has 1 atom stereocenters. The fourth-order valence-corrected chi connectivity index (χ4v) is 3.22. The van der Waals surface area contributed by atoms with Crippen LogP contribution in [-0.2, 0) is 14.3 Å². The molecule has 2 heterocycles. The Kier molecular flexibility index (Phi) is 6.46. The van der Waals surface area contributed by atoms with Crippen LogP contribution >= 0.6 is 11.8 Å². The Morgan fingerprint density at radius 3 is 2.74 bits per heavy atom. The topological polar surface area (TPSA) is 149 Å². The van der Waals surface area contributed by atoms with Crippen molar-refractivity contribution in [3.8, 4) is 6.07 Å². The van der Waals surface area contributed by atoms with Crippen LogP contribution < -0.4 is 11.1 Å². The summed E-state index contributed by atoms with van der Waals surface area (Å²) in [4.78, 5) is 24.2. The largest absolute Gasteiger partial charge is 0.468 e. The predicted molar refractivity (Wildman–Crippen MR) is 98.0 cm³/mol. The number of amides is 1. The number of nitrogens with two attached hydrogens (primary N) is 1. The van der Waals surface area contributed by atoms with E-state index in [2.05, 4.69) is 20.3 Å². The predicted octanol–water partition coefficient (Wildman–Crippen LogP) is 1.80. The lowest BCUT2D eigenvalue weighted by atomic mass is 10.1. The van der Waals surface area contributed by atoms with Crippen molar-refractivity contribution in [1.82, 2.24) is 14.8 Å². The van der Waals surface area contributed by atoms with E-state index in [1.165, 1.54) is 11.7 Å². The van der Waals surface area contributed by atoms with Gasteiger partial charge >= 0.3 is 5.97 Å². The van der Waals surface area contributed by atoms with Gasteiger partial charge in [0.2, 0.25) is 17.7 Å². The Balaban J connectivity index is 2.28. The molecule has 2 rings (SSSR count).